The molecule has 0 radical (unpaired) electrons. The molecule has 1 aromatic heterocycles. The van der Waals surface area contributed by atoms with Gasteiger partial charge in [0.25, 0.3) is 0 Å². The van der Waals surface area contributed by atoms with Crippen LogP contribution in [0.4, 0.5) is 13.2 Å². The highest BCUT2D eigenvalue weighted by molar-refractivity contribution is 5.08. The van der Waals surface area contributed by atoms with Gasteiger partial charge in [0.2, 0.25) is 0 Å². The van der Waals surface area contributed by atoms with Gasteiger partial charge < -0.3 is 5.32 Å². The minimum Gasteiger partial charge on any atom is -0.318 e. The zero-order valence-electron chi connectivity index (χ0n) is 10.9. The van der Waals surface area contributed by atoms with Gasteiger partial charge in [0, 0.05) is 32.4 Å². The first-order valence-corrected chi connectivity index (χ1v) is 5.75. The van der Waals surface area contributed by atoms with Crippen LogP contribution in [0.1, 0.15) is 11.4 Å². The minimum atomic E-state index is -4.18. The average Bonchev–Trinajstić information content (AvgIpc) is 2.52. The lowest BCUT2D eigenvalue weighted by atomic mass is 10.3. The second kappa shape index (κ2) is 6.19. The molecule has 0 spiro atoms. The Kier molecular flexibility index (Phi) is 5.15. The van der Waals surface area contributed by atoms with Crippen LogP contribution in [0, 0.1) is 6.92 Å². The van der Waals surface area contributed by atoms with Crippen LogP contribution >= 0.6 is 0 Å². The molecule has 0 aliphatic rings. The fourth-order valence-corrected chi connectivity index (χ4v) is 1.68. The molecule has 4 nitrogen and oxygen atoms in total. The van der Waals surface area contributed by atoms with E-state index in [1.165, 1.54) is 4.90 Å². The van der Waals surface area contributed by atoms with Crippen molar-refractivity contribution >= 4 is 0 Å². The van der Waals surface area contributed by atoms with E-state index < -0.39 is 12.7 Å². The van der Waals surface area contributed by atoms with Crippen molar-refractivity contribution in [3.8, 4) is 0 Å². The SMILES string of the molecule is CNCCN(Cc1cc(C)n(C)n1)CC(F)(F)F. The summed E-state index contributed by atoms with van der Waals surface area (Å²) in [5.74, 6) is 0. The van der Waals surface area contributed by atoms with E-state index in [0.29, 0.717) is 18.8 Å². The van der Waals surface area contributed by atoms with E-state index >= 15 is 0 Å². The first-order chi connectivity index (χ1) is 8.31. The largest absolute Gasteiger partial charge is 0.401 e. The Labute approximate surface area is 105 Å². The molecule has 0 aromatic carbocycles. The van der Waals surface area contributed by atoms with Crippen LogP contribution in [0.15, 0.2) is 6.07 Å². The quantitative estimate of drug-likeness (QED) is 0.841. The van der Waals surface area contributed by atoms with Gasteiger partial charge in [-0.15, -0.1) is 0 Å². The second-order valence-electron chi connectivity index (χ2n) is 4.33. The molecule has 1 rings (SSSR count). The van der Waals surface area contributed by atoms with Crippen LogP contribution in [0.25, 0.3) is 0 Å². The maximum absolute atomic E-state index is 12.4. The molecule has 0 atom stereocenters. The summed E-state index contributed by atoms with van der Waals surface area (Å²) in [5.41, 5.74) is 1.60. The number of likely N-dealkylation sites (N-methyl/N-ethyl adjacent to an activating group) is 1. The predicted molar refractivity (Wildman–Crippen MR) is 63.2 cm³/mol. The molecule has 1 N–H and O–H groups in total. The van der Waals surface area contributed by atoms with Crippen molar-refractivity contribution in [2.24, 2.45) is 7.05 Å². The third-order valence-corrected chi connectivity index (χ3v) is 2.63. The summed E-state index contributed by atoms with van der Waals surface area (Å²) in [5, 5.41) is 7.03. The molecule has 0 saturated heterocycles. The molecule has 0 saturated carbocycles. The third kappa shape index (κ3) is 5.05. The number of hydrogen-bond acceptors (Lipinski definition) is 3. The molecule has 0 aliphatic carbocycles. The van der Waals surface area contributed by atoms with E-state index in [1.54, 1.807) is 18.8 Å². The van der Waals surface area contributed by atoms with E-state index in [-0.39, 0.29) is 6.54 Å². The van der Waals surface area contributed by atoms with Crippen LogP contribution in [0.5, 0.6) is 0 Å². The molecule has 0 fully saturated rings. The summed E-state index contributed by atoms with van der Waals surface area (Å²) in [6.45, 7) is 2.03. The van der Waals surface area contributed by atoms with Gasteiger partial charge in [-0.3, -0.25) is 9.58 Å². The first kappa shape index (κ1) is 15.0. The topological polar surface area (TPSA) is 33.1 Å². The molecule has 104 valence electrons. The smallest absolute Gasteiger partial charge is 0.318 e. The Morgan fingerprint density at radius 1 is 1.44 bits per heavy atom. The molecular formula is C11H19F3N4. The standard InChI is InChI=1S/C11H19F3N4/c1-9-6-10(16-17(9)3)7-18(5-4-15-2)8-11(12,13)14/h6,15H,4-5,7-8H2,1-3H3. The zero-order chi connectivity index (χ0) is 13.8. The number of nitrogens with zero attached hydrogens (tertiary/aromatic N) is 3. The fraction of sp³-hybridized carbons (Fsp3) is 0.727. The maximum Gasteiger partial charge on any atom is 0.401 e. The van der Waals surface area contributed by atoms with Crippen LogP contribution in [0.3, 0.4) is 0 Å². The highest BCUT2D eigenvalue weighted by atomic mass is 19.4. The molecule has 0 bridgehead atoms. The normalized spacial score (nSPS) is 12.4. The molecule has 0 unspecified atom stereocenters. The number of rotatable bonds is 6. The molecule has 18 heavy (non-hydrogen) atoms. The van der Waals surface area contributed by atoms with Gasteiger partial charge in [0.05, 0.1) is 12.2 Å². The molecule has 1 aromatic rings. The van der Waals surface area contributed by atoms with Crippen LogP contribution in [-0.4, -0.2) is 47.5 Å². The van der Waals surface area contributed by atoms with E-state index in [9.17, 15) is 13.2 Å². The molecule has 7 heteroatoms. The molecule has 1 heterocycles. The average molecular weight is 264 g/mol. The van der Waals surface area contributed by atoms with Crippen molar-refractivity contribution in [2.75, 3.05) is 26.7 Å². The Morgan fingerprint density at radius 3 is 2.56 bits per heavy atom. The number of alkyl halides is 3. The van der Waals surface area contributed by atoms with Crippen molar-refractivity contribution < 1.29 is 13.2 Å². The summed E-state index contributed by atoms with van der Waals surface area (Å²) in [4.78, 5) is 1.35. The summed E-state index contributed by atoms with van der Waals surface area (Å²) in [6.07, 6.45) is -4.18. The Bertz CT molecular complexity index is 353. The summed E-state index contributed by atoms with van der Waals surface area (Å²) < 4.78 is 39.0. The second-order valence-corrected chi connectivity index (χ2v) is 4.33. The Morgan fingerprint density at radius 2 is 2.11 bits per heavy atom. The number of nitrogens with one attached hydrogen (secondary N) is 1. The number of hydrogen-bond donors (Lipinski definition) is 1. The van der Waals surface area contributed by atoms with Crippen LogP contribution in [-0.2, 0) is 13.6 Å². The van der Waals surface area contributed by atoms with Gasteiger partial charge >= 0.3 is 6.18 Å². The lowest BCUT2D eigenvalue weighted by molar-refractivity contribution is -0.147. The number of aryl methyl sites for hydroxylation is 2. The highest BCUT2D eigenvalue weighted by Crippen LogP contribution is 2.17. The lowest BCUT2D eigenvalue weighted by Gasteiger charge is -2.22. The zero-order valence-corrected chi connectivity index (χ0v) is 10.9. The van der Waals surface area contributed by atoms with Crippen LogP contribution in [0.2, 0.25) is 0 Å². The maximum atomic E-state index is 12.4. The van der Waals surface area contributed by atoms with Gasteiger partial charge in [-0.1, -0.05) is 0 Å². The van der Waals surface area contributed by atoms with Crippen molar-refractivity contribution in [3.63, 3.8) is 0 Å². The Hall–Kier alpha value is -1.08. The van der Waals surface area contributed by atoms with Crippen molar-refractivity contribution in [1.82, 2.24) is 20.0 Å². The predicted octanol–water partition coefficient (Wildman–Crippen LogP) is 1.31. The van der Waals surface area contributed by atoms with Crippen molar-refractivity contribution in [2.45, 2.75) is 19.6 Å². The van der Waals surface area contributed by atoms with Gasteiger partial charge in [0.15, 0.2) is 0 Å². The summed E-state index contributed by atoms with van der Waals surface area (Å²) in [6, 6.07) is 1.81. The summed E-state index contributed by atoms with van der Waals surface area (Å²) >= 11 is 0. The Balaban J connectivity index is 2.65. The molecule has 0 amide bonds. The highest BCUT2D eigenvalue weighted by Gasteiger charge is 2.30. The fourth-order valence-electron chi connectivity index (χ4n) is 1.68. The number of halogens is 3. The monoisotopic (exact) mass is 264 g/mol. The van der Waals surface area contributed by atoms with Crippen molar-refractivity contribution in [1.29, 1.82) is 0 Å². The van der Waals surface area contributed by atoms with E-state index in [0.717, 1.165) is 5.69 Å². The third-order valence-electron chi connectivity index (χ3n) is 2.63. The van der Waals surface area contributed by atoms with E-state index in [1.807, 2.05) is 13.0 Å². The first-order valence-electron chi connectivity index (χ1n) is 5.75. The summed E-state index contributed by atoms with van der Waals surface area (Å²) in [7, 11) is 3.50. The molecular weight excluding hydrogens is 245 g/mol. The van der Waals surface area contributed by atoms with E-state index in [2.05, 4.69) is 10.4 Å². The van der Waals surface area contributed by atoms with Crippen LogP contribution < -0.4 is 5.32 Å². The number of aromatic nitrogens is 2. The minimum absolute atomic E-state index is 0.211. The van der Waals surface area contributed by atoms with Gasteiger partial charge in [-0.05, 0) is 20.0 Å². The van der Waals surface area contributed by atoms with Gasteiger partial charge in [-0.2, -0.15) is 18.3 Å². The lowest BCUT2D eigenvalue weighted by Crippen LogP contribution is -2.37. The van der Waals surface area contributed by atoms with E-state index in [4.69, 9.17) is 0 Å². The molecule has 0 aliphatic heterocycles. The van der Waals surface area contributed by atoms with Gasteiger partial charge in [-0.25, -0.2) is 0 Å². The van der Waals surface area contributed by atoms with Gasteiger partial charge in [0.1, 0.15) is 0 Å². The van der Waals surface area contributed by atoms with Crippen molar-refractivity contribution in [3.05, 3.63) is 17.5 Å².